The molecule has 0 radical (unpaired) electrons. The SMILES string of the molecule is NC1CC2CCC(C1)N2C(=O)[C@@H](N(OC(=O)C(F)(F)F)S(=O)(=O)c1ccc2cc(OC3CCCC3)ccc2c1)C(F)(F)c1ccc(-c2ccc(C(F)(F)F)cc2)cc1. The lowest BCUT2D eigenvalue weighted by atomic mass is 9.93. The maximum Gasteiger partial charge on any atom is 0.492 e. The molecule has 58 heavy (non-hydrogen) atoms. The van der Waals surface area contributed by atoms with Gasteiger partial charge in [0.05, 0.1) is 16.6 Å². The smallest absolute Gasteiger partial charge is 0.490 e. The molecule has 2 aliphatic heterocycles. The van der Waals surface area contributed by atoms with Crippen molar-refractivity contribution in [3.63, 3.8) is 0 Å². The molecule has 7 rings (SSSR count). The van der Waals surface area contributed by atoms with Crippen molar-refractivity contribution in [1.29, 1.82) is 0 Å². The molecule has 3 fully saturated rings. The van der Waals surface area contributed by atoms with Crippen LogP contribution in [0.15, 0.2) is 89.8 Å². The van der Waals surface area contributed by atoms with Gasteiger partial charge < -0.3 is 20.2 Å². The van der Waals surface area contributed by atoms with Gasteiger partial charge in [0.25, 0.3) is 15.9 Å². The van der Waals surface area contributed by atoms with Crippen LogP contribution in [0.1, 0.15) is 62.5 Å². The van der Waals surface area contributed by atoms with Crippen LogP contribution in [0.5, 0.6) is 5.75 Å². The van der Waals surface area contributed by atoms with E-state index in [1.54, 1.807) is 12.1 Å². The molecular formula is C40H37F8N3O6S. The highest BCUT2D eigenvalue weighted by molar-refractivity contribution is 7.89. The first-order valence-corrected chi connectivity index (χ1v) is 20.0. The van der Waals surface area contributed by atoms with Gasteiger partial charge in [0.2, 0.25) is 6.04 Å². The molecule has 3 aliphatic rings. The molecule has 1 saturated carbocycles. The van der Waals surface area contributed by atoms with Crippen molar-refractivity contribution in [1.82, 2.24) is 9.37 Å². The highest BCUT2D eigenvalue weighted by Gasteiger charge is 2.60. The summed E-state index contributed by atoms with van der Waals surface area (Å²) < 4.78 is 149. The second-order valence-electron chi connectivity index (χ2n) is 14.9. The van der Waals surface area contributed by atoms with Crippen LogP contribution in [0.25, 0.3) is 21.9 Å². The summed E-state index contributed by atoms with van der Waals surface area (Å²) in [6, 6.07) is 9.79. The van der Waals surface area contributed by atoms with Crippen molar-refractivity contribution in [3.05, 3.63) is 96.1 Å². The van der Waals surface area contributed by atoms with Crippen LogP contribution in [-0.4, -0.2) is 66.1 Å². The molecule has 3 atom stereocenters. The van der Waals surface area contributed by atoms with Crippen LogP contribution < -0.4 is 10.5 Å². The third-order valence-electron chi connectivity index (χ3n) is 11.0. The summed E-state index contributed by atoms with van der Waals surface area (Å²) in [5.41, 5.74) is 4.40. The average Bonchev–Trinajstić information content (AvgIpc) is 3.78. The molecule has 0 spiro atoms. The van der Waals surface area contributed by atoms with Crippen LogP contribution in [0.4, 0.5) is 35.1 Å². The van der Waals surface area contributed by atoms with Crippen molar-refractivity contribution in [3.8, 4) is 16.9 Å². The normalized spacial score (nSPS) is 21.1. The monoisotopic (exact) mass is 839 g/mol. The van der Waals surface area contributed by atoms with E-state index in [1.165, 1.54) is 12.1 Å². The molecular weight excluding hydrogens is 803 g/mol. The van der Waals surface area contributed by atoms with E-state index < -0.39 is 84.8 Å². The van der Waals surface area contributed by atoms with Gasteiger partial charge in [-0.05, 0) is 114 Å². The number of benzene rings is 4. The second-order valence-corrected chi connectivity index (χ2v) is 16.7. The Hall–Kier alpha value is -4.81. The van der Waals surface area contributed by atoms with Gasteiger partial charge in [0, 0.05) is 23.7 Å². The topological polar surface area (TPSA) is 119 Å². The Labute approximate surface area is 327 Å². The number of piperidine rings is 1. The molecule has 9 nitrogen and oxygen atoms in total. The Morgan fingerprint density at radius 2 is 1.26 bits per heavy atom. The first-order valence-electron chi connectivity index (χ1n) is 18.5. The molecule has 2 N–H and O–H groups in total. The second kappa shape index (κ2) is 15.4. The number of hydrogen-bond donors (Lipinski definition) is 1. The number of nitrogens with zero attached hydrogens (tertiary/aromatic N) is 2. The quantitative estimate of drug-likeness (QED) is 0.126. The van der Waals surface area contributed by atoms with Gasteiger partial charge in [-0.1, -0.05) is 48.5 Å². The third-order valence-corrected chi connectivity index (χ3v) is 12.6. The van der Waals surface area contributed by atoms with Gasteiger partial charge in [-0.2, -0.15) is 35.1 Å². The van der Waals surface area contributed by atoms with Crippen molar-refractivity contribution in [2.45, 2.75) is 105 Å². The summed E-state index contributed by atoms with van der Waals surface area (Å²) in [4.78, 5) is 31.5. The molecule has 2 saturated heterocycles. The summed E-state index contributed by atoms with van der Waals surface area (Å²) in [5, 5.41) is 0.638. The standard InChI is InChI=1S/C40H37F8N3O6S/c41-38(42,27-11-5-23(6-12-27)24-7-13-28(14-8-24)39(43,44)45)35(36(52)50-30-15-16-31(50)22-29(49)21-30)51(57-37(53)40(46,47)48)58(54,55)34-18-10-25-19-33(17-9-26(25)20-34)56-32-3-1-2-4-32/h5-14,17-20,29-32,35H,1-4,15-16,21-22,49H2/t29?,30?,31?,35-/m1/s1. The molecule has 2 heterocycles. The minimum atomic E-state index is -5.89. The highest BCUT2D eigenvalue weighted by atomic mass is 32.2. The number of fused-ring (bicyclic) bond motifs is 3. The van der Waals surface area contributed by atoms with Gasteiger partial charge in [0.15, 0.2) is 0 Å². The van der Waals surface area contributed by atoms with Crippen molar-refractivity contribution in [2.75, 3.05) is 0 Å². The largest absolute Gasteiger partial charge is 0.492 e. The fourth-order valence-electron chi connectivity index (χ4n) is 8.10. The van der Waals surface area contributed by atoms with Gasteiger partial charge in [-0.3, -0.25) is 4.79 Å². The van der Waals surface area contributed by atoms with Crippen LogP contribution >= 0.6 is 0 Å². The first-order chi connectivity index (χ1) is 27.2. The molecule has 0 aromatic heterocycles. The number of carbonyl (C=O) groups excluding carboxylic acids is 2. The van der Waals surface area contributed by atoms with E-state index in [4.69, 9.17) is 10.5 Å². The minimum Gasteiger partial charge on any atom is -0.490 e. The number of hydrogen-bond acceptors (Lipinski definition) is 7. The van der Waals surface area contributed by atoms with Crippen LogP contribution in [0.2, 0.25) is 0 Å². The lowest BCUT2D eigenvalue weighted by molar-refractivity contribution is -0.240. The zero-order valence-corrected chi connectivity index (χ0v) is 31.3. The predicted octanol–water partition coefficient (Wildman–Crippen LogP) is 8.50. The molecule has 1 aliphatic carbocycles. The van der Waals surface area contributed by atoms with Crippen LogP contribution in [0, 0.1) is 0 Å². The average molecular weight is 840 g/mol. The number of hydroxylamine groups is 1. The molecule has 2 unspecified atom stereocenters. The number of amides is 1. The predicted molar refractivity (Wildman–Crippen MR) is 193 cm³/mol. The molecule has 310 valence electrons. The fraction of sp³-hybridized carbons (Fsp3) is 0.400. The van der Waals surface area contributed by atoms with E-state index in [1.807, 2.05) is 0 Å². The zero-order chi connectivity index (χ0) is 41.8. The number of rotatable bonds is 10. The molecule has 18 heteroatoms. The number of ether oxygens (including phenoxy) is 1. The Morgan fingerprint density at radius 1 is 0.724 bits per heavy atom. The number of carbonyl (C=O) groups is 2. The van der Waals surface area contributed by atoms with E-state index >= 15 is 8.78 Å². The lowest BCUT2D eigenvalue weighted by Gasteiger charge is -2.42. The van der Waals surface area contributed by atoms with Crippen LogP contribution in [-0.2, 0) is 36.5 Å². The molecule has 4 aromatic rings. The van der Waals surface area contributed by atoms with Gasteiger partial charge in [0.1, 0.15) is 5.75 Å². The fourth-order valence-corrected chi connectivity index (χ4v) is 9.49. The van der Waals surface area contributed by atoms with Crippen LogP contribution in [0.3, 0.4) is 0 Å². The molecule has 2 bridgehead atoms. The van der Waals surface area contributed by atoms with Crippen molar-refractivity contribution >= 4 is 32.7 Å². The van der Waals surface area contributed by atoms with E-state index in [2.05, 4.69) is 4.84 Å². The highest BCUT2D eigenvalue weighted by Crippen LogP contribution is 2.44. The summed E-state index contributed by atoms with van der Waals surface area (Å²) in [6.07, 6.45) is -6.02. The Kier molecular flexibility index (Phi) is 11.0. The molecule has 4 aromatic carbocycles. The number of sulfonamides is 1. The maximum atomic E-state index is 17.2. The zero-order valence-electron chi connectivity index (χ0n) is 30.5. The Balaban J connectivity index is 1.31. The molecule has 1 amide bonds. The summed E-state index contributed by atoms with van der Waals surface area (Å²) in [7, 11) is -5.73. The van der Waals surface area contributed by atoms with Gasteiger partial charge >= 0.3 is 24.2 Å². The van der Waals surface area contributed by atoms with E-state index in [-0.39, 0.29) is 48.3 Å². The summed E-state index contributed by atoms with van der Waals surface area (Å²) >= 11 is 0. The van der Waals surface area contributed by atoms with E-state index in [9.17, 15) is 44.3 Å². The first kappa shape index (κ1) is 41.4. The Morgan fingerprint density at radius 3 is 1.81 bits per heavy atom. The van der Waals surface area contributed by atoms with E-state index in [0.29, 0.717) is 11.1 Å². The minimum absolute atomic E-state index is 0.0167. The van der Waals surface area contributed by atoms with Gasteiger partial charge in [-0.15, -0.1) is 0 Å². The third kappa shape index (κ3) is 8.23. The van der Waals surface area contributed by atoms with Crippen molar-refractivity contribution in [2.24, 2.45) is 5.73 Å². The van der Waals surface area contributed by atoms with E-state index in [0.717, 1.165) is 91.2 Å². The Bertz CT molecular complexity index is 2270. The van der Waals surface area contributed by atoms with Gasteiger partial charge in [-0.25, -0.2) is 13.2 Å². The maximum absolute atomic E-state index is 17.2. The summed E-state index contributed by atoms with van der Waals surface area (Å²) in [5.74, 6) is -9.03. The van der Waals surface area contributed by atoms with Crippen molar-refractivity contribution < 1.29 is 62.7 Å². The number of nitrogens with two attached hydrogens (primary N) is 1. The summed E-state index contributed by atoms with van der Waals surface area (Å²) in [6.45, 7) is 0. The number of halogens is 8. The number of alkyl halides is 8. The lowest BCUT2D eigenvalue weighted by Crippen LogP contribution is -2.62.